The zero-order chi connectivity index (χ0) is 15.6. The zero-order valence-corrected chi connectivity index (χ0v) is 11.7. The Bertz CT molecular complexity index is 738. The molecule has 0 aliphatic carbocycles. The molecule has 0 amide bonds. The Labute approximate surface area is 125 Å². The van der Waals surface area contributed by atoms with Crippen LogP contribution in [0.1, 0.15) is 10.4 Å². The van der Waals surface area contributed by atoms with Gasteiger partial charge in [0.1, 0.15) is 11.8 Å². The van der Waals surface area contributed by atoms with Gasteiger partial charge in [0.25, 0.3) is 0 Å². The first-order chi connectivity index (χ1) is 9.88. The van der Waals surface area contributed by atoms with Crippen LogP contribution >= 0.6 is 15.9 Å². The Hall–Kier alpha value is -2.55. The Morgan fingerprint density at radius 1 is 1.43 bits per heavy atom. The number of aromatic nitrogens is 1. The maximum absolute atomic E-state index is 13.6. The molecule has 1 N–H and O–H groups in total. The summed E-state index contributed by atoms with van der Waals surface area (Å²) in [6.45, 7) is 0. The number of pyridine rings is 1. The molecule has 0 aliphatic rings. The van der Waals surface area contributed by atoms with Gasteiger partial charge in [-0.15, -0.1) is 0 Å². The van der Waals surface area contributed by atoms with E-state index in [1.807, 2.05) is 0 Å². The Morgan fingerprint density at radius 3 is 2.71 bits per heavy atom. The first-order valence-electron chi connectivity index (χ1n) is 5.39. The summed E-state index contributed by atoms with van der Waals surface area (Å²) in [5.74, 6) is -2.65. The van der Waals surface area contributed by atoms with Crippen molar-refractivity contribution in [3.8, 4) is 11.6 Å². The first-order valence-corrected chi connectivity index (χ1v) is 6.18. The average molecular weight is 357 g/mol. The van der Waals surface area contributed by atoms with E-state index in [0.717, 1.165) is 18.3 Å². The van der Waals surface area contributed by atoms with Crippen LogP contribution in [0.3, 0.4) is 0 Å². The van der Waals surface area contributed by atoms with Gasteiger partial charge in [0.05, 0.1) is 4.92 Å². The molecule has 9 heteroatoms. The Morgan fingerprint density at radius 2 is 2.14 bits per heavy atom. The minimum Gasteiger partial charge on any atom is -0.477 e. The van der Waals surface area contributed by atoms with Gasteiger partial charge in [-0.05, 0) is 18.2 Å². The van der Waals surface area contributed by atoms with Crippen LogP contribution in [0.2, 0.25) is 0 Å². The molecule has 7 nitrogen and oxygen atoms in total. The molecule has 0 bridgehead atoms. The van der Waals surface area contributed by atoms with E-state index in [2.05, 4.69) is 20.9 Å². The van der Waals surface area contributed by atoms with Crippen molar-refractivity contribution in [2.75, 3.05) is 0 Å². The summed E-state index contributed by atoms with van der Waals surface area (Å²) in [5, 5.41) is 19.6. The molecule has 0 unspecified atom stereocenters. The van der Waals surface area contributed by atoms with Crippen molar-refractivity contribution in [2.24, 2.45) is 0 Å². The zero-order valence-electron chi connectivity index (χ0n) is 10.1. The van der Waals surface area contributed by atoms with Gasteiger partial charge in [-0.25, -0.2) is 14.2 Å². The third-order valence-corrected chi connectivity index (χ3v) is 2.89. The van der Waals surface area contributed by atoms with Gasteiger partial charge in [0.2, 0.25) is 5.88 Å². The second-order valence-electron chi connectivity index (χ2n) is 3.78. The van der Waals surface area contributed by atoms with Gasteiger partial charge >= 0.3 is 11.7 Å². The largest absolute Gasteiger partial charge is 0.477 e. The van der Waals surface area contributed by atoms with Crippen LogP contribution in [-0.4, -0.2) is 21.0 Å². The van der Waals surface area contributed by atoms with Crippen LogP contribution in [0.4, 0.5) is 10.1 Å². The summed E-state index contributed by atoms with van der Waals surface area (Å²) in [6.07, 6.45) is 0.746. The Kier molecular flexibility index (Phi) is 4.13. The van der Waals surface area contributed by atoms with Crippen LogP contribution in [0, 0.1) is 15.9 Å². The van der Waals surface area contributed by atoms with Gasteiger partial charge in [0.15, 0.2) is 11.6 Å². The number of hydrogen-bond donors (Lipinski definition) is 1. The molecule has 0 radical (unpaired) electrons. The second-order valence-corrected chi connectivity index (χ2v) is 4.69. The lowest BCUT2D eigenvalue weighted by atomic mass is 10.2. The number of rotatable bonds is 4. The molecule has 0 spiro atoms. The highest BCUT2D eigenvalue weighted by Crippen LogP contribution is 2.28. The van der Waals surface area contributed by atoms with Crippen molar-refractivity contribution in [3.05, 3.63) is 56.4 Å². The molecule has 1 heterocycles. The fourth-order valence-corrected chi connectivity index (χ4v) is 1.81. The van der Waals surface area contributed by atoms with Gasteiger partial charge in [0, 0.05) is 10.5 Å². The molecular formula is C12H6BrFN2O5. The summed E-state index contributed by atoms with van der Waals surface area (Å²) in [6, 6.07) is 4.84. The number of hydrogen-bond acceptors (Lipinski definition) is 5. The minimum atomic E-state index is -1.51. The van der Waals surface area contributed by atoms with Crippen molar-refractivity contribution >= 4 is 27.6 Å². The monoisotopic (exact) mass is 356 g/mol. The van der Waals surface area contributed by atoms with E-state index in [1.54, 1.807) is 0 Å². The number of aromatic carboxylic acids is 1. The number of carbonyl (C=O) groups is 1. The van der Waals surface area contributed by atoms with Crippen molar-refractivity contribution in [1.29, 1.82) is 0 Å². The molecule has 0 aliphatic heterocycles. The molecule has 108 valence electrons. The van der Waals surface area contributed by atoms with Crippen molar-refractivity contribution < 1.29 is 24.0 Å². The molecule has 1 aromatic heterocycles. The van der Waals surface area contributed by atoms with Crippen molar-refractivity contribution in [2.45, 2.75) is 0 Å². The van der Waals surface area contributed by atoms with Crippen LogP contribution < -0.4 is 4.74 Å². The van der Waals surface area contributed by atoms with E-state index < -0.39 is 28.0 Å². The van der Waals surface area contributed by atoms with E-state index in [-0.39, 0.29) is 11.6 Å². The van der Waals surface area contributed by atoms with Crippen LogP contribution in [0.5, 0.6) is 11.6 Å². The molecule has 2 aromatic rings. The lowest BCUT2D eigenvalue weighted by Crippen LogP contribution is -2.04. The number of carboxylic acids is 1. The molecule has 0 fully saturated rings. The molecular weight excluding hydrogens is 351 g/mol. The molecule has 1 aromatic carbocycles. The summed E-state index contributed by atoms with van der Waals surface area (Å²) in [7, 11) is 0. The van der Waals surface area contributed by atoms with Crippen LogP contribution in [0.25, 0.3) is 0 Å². The lowest BCUT2D eigenvalue weighted by molar-refractivity contribution is -0.385. The van der Waals surface area contributed by atoms with Crippen LogP contribution in [-0.2, 0) is 0 Å². The fraction of sp³-hybridized carbons (Fsp3) is 0. The van der Waals surface area contributed by atoms with Gasteiger partial charge in [-0.3, -0.25) is 10.1 Å². The van der Waals surface area contributed by atoms with E-state index in [0.29, 0.717) is 4.47 Å². The Balaban J connectivity index is 2.39. The minimum absolute atomic E-state index is 0.184. The topological polar surface area (TPSA) is 103 Å². The molecule has 0 saturated heterocycles. The van der Waals surface area contributed by atoms with Crippen molar-refractivity contribution in [1.82, 2.24) is 4.98 Å². The maximum Gasteiger partial charge on any atom is 0.342 e. The van der Waals surface area contributed by atoms with E-state index >= 15 is 0 Å². The third-order valence-electron chi connectivity index (χ3n) is 2.39. The predicted octanol–water partition coefficient (Wildman–Crippen LogP) is 3.38. The van der Waals surface area contributed by atoms with Crippen molar-refractivity contribution in [3.63, 3.8) is 0 Å². The number of ether oxygens (including phenoxy) is 1. The highest BCUT2D eigenvalue weighted by molar-refractivity contribution is 9.10. The summed E-state index contributed by atoms with van der Waals surface area (Å²) in [5.41, 5.74) is -1.27. The standard InChI is InChI=1S/C12H6BrFN2O5/c13-6-1-2-10(8(14)3-6)21-11-4-7(12(17)18)9(5-15-11)16(19)20/h1-5H,(H,17,18). The number of nitrogens with zero attached hydrogens (tertiary/aromatic N) is 2. The summed E-state index contributed by atoms with van der Waals surface area (Å²) >= 11 is 3.07. The SMILES string of the molecule is O=C(O)c1cc(Oc2ccc(Br)cc2F)ncc1[N+](=O)[O-]. The smallest absolute Gasteiger partial charge is 0.342 e. The number of halogens is 2. The number of nitro groups is 1. The molecule has 2 rings (SSSR count). The second kappa shape index (κ2) is 5.83. The predicted molar refractivity (Wildman–Crippen MR) is 72.0 cm³/mol. The average Bonchev–Trinajstić information content (AvgIpc) is 2.41. The maximum atomic E-state index is 13.6. The number of benzene rings is 1. The first kappa shape index (κ1) is 14.9. The van der Waals surface area contributed by atoms with Gasteiger partial charge in [-0.2, -0.15) is 0 Å². The molecule has 0 saturated carbocycles. The summed E-state index contributed by atoms with van der Waals surface area (Å²) in [4.78, 5) is 24.4. The van der Waals surface area contributed by atoms with Gasteiger partial charge in [-0.1, -0.05) is 15.9 Å². The molecule has 21 heavy (non-hydrogen) atoms. The van der Waals surface area contributed by atoms with Crippen LogP contribution in [0.15, 0.2) is 34.9 Å². The van der Waals surface area contributed by atoms with E-state index in [4.69, 9.17) is 9.84 Å². The summed E-state index contributed by atoms with van der Waals surface area (Å²) < 4.78 is 19.2. The van der Waals surface area contributed by atoms with E-state index in [1.165, 1.54) is 12.1 Å². The molecule has 0 atom stereocenters. The quantitative estimate of drug-likeness (QED) is 0.665. The van der Waals surface area contributed by atoms with Gasteiger partial charge < -0.3 is 9.84 Å². The number of carboxylic acid groups (broad SMARTS) is 1. The lowest BCUT2D eigenvalue weighted by Gasteiger charge is -2.06. The normalized spacial score (nSPS) is 10.2. The third kappa shape index (κ3) is 3.31. The highest BCUT2D eigenvalue weighted by atomic mass is 79.9. The van der Waals surface area contributed by atoms with E-state index in [9.17, 15) is 19.3 Å². The fourth-order valence-electron chi connectivity index (χ4n) is 1.47. The highest BCUT2D eigenvalue weighted by Gasteiger charge is 2.22.